The van der Waals surface area contributed by atoms with Gasteiger partial charge in [-0.15, -0.1) is 0 Å². The third-order valence-corrected chi connectivity index (χ3v) is 5.51. The molecule has 1 aromatic heterocycles. The number of aromatic amines is 1. The molecule has 2 aliphatic rings. The van der Waals surface area contributed by atoms with Gasteiger partial charge in [-0.2, -0.15) is 0 Å². The van der Waals surface area contributed by atoms with Crippen molar-refractivity contribution in [3.8, 4) is 0 Å². The second kappa shape index (κ2) is 6.29. The first kappa shape index (κ1) is 16.8. The summed E-state index contributed by atoms with van der Waals surface area (Å²) < 4.78 is 0. The number of para-hydroxylation sites is 1. The molecule has 0 spiro atoms. The summed E-state index contributed by atoms with van der Waals surface area (Å²) in [6.45, 7) is 0. The van der Waals surface area contributed by atoms with Crippen molar-refractivity contribution in [1.29, 1.82) is 0 Å². The number of aliphatic carboxylic acids is 1. The molecule has 2 heterocycles. The van der Waals surface area contributed by atoms with Crippen LogP contribution in [-0.2, 0) is 20.8 Å². The first-order valence-electron chi connectivity index (χ1n) is 8.46. The van der Waals surface area contributed by atoms with Crippen LogP contribution in [0.5, 0.6) is 0 Å². The Morgan fingerprint density at radius 3 is 2.73 bits per heavy atom. The van der Waals surface area contributed by atoms with Gasteiger partial charge in [-0.25, -0.2) is 4.79 Å². The molecule has 4 rings (SSSR count). The van der Waals surface area contributed by atoms with Gasteiger partial charge in [-0.3, -0.25) is 14.5 Å². The normalized spacial score (nSPS) is 23.9. The van der Waals surface area contributed by atoms with Crippen molar-refractivity contribution in [2.24, 2.45) is 11.8 Å². The Balaban J connectivity index is 1.63. The molecule has 2 amide bonds. The molecular formula is C19H17ClN2O4. The zero-order valence-electron chi connectivity index (χ0n) is 13.8. The van der Waals surface area contributed by atoms with Gasteiger partial charge in [0.2, 0.25) is 11.8 Å². The summed E-state index contributed by atoms with van der Waals surface area (Å²) >= 11 is 6.02. The quantitative estimate of drug-likeness (QED) is 0.807. The van der Waals surface area contributed by atoms with E-state index in [2.05, 4.69) is 4.98 Å². The second-order valence-electron chi connectivity index (χ2n) is 6.79. The topological polar surface area (TPSA) is 90.5 Å². The van der Waals surface area contributed by atoms with Crippen LogP contribution in [0.25, 0.3) is 10.9 Å². The molecule has 134 valence electrons. The van der Waals surface area contributed by atoms with Gasteiger partial charge >= 0.3 is 5.97 Å². The van der Waals surface area contributed by atoms with E-state index in [0.29, 0.717) is 23.6 Å². The number of halogens is 1. The van der Waals surface area contributed by atoms with Crippen molar-refractivity contribution < 1.29 is 19.5 Å². The van der Waals surface area contributed by atoms with Gasteiger partial charge in [0.15, 0.2) is 0 Å². The fourth-order valence-electron chi connectivity index (χ4n) is 3.90. The van der Waals surface area contributed by atoms with Crippen LogP contribution < -0.4 is 0 Å². The number of hydrogen-bond donors (Lipinski definition) is 2. The molecular weight excluding hydrogens is 356 g/mol. The lowest BCUT2D eigenvalue weighted by atomic mass is 9.85. The molecule has 26 heavy (non-hydrogen) atoms. The van der Waals surface area contributed by atoms with Crippen molar-refractivity contribution in [3.05, 3.63) is 47.1 Å². The third kappa shape index (κ3) is 2.70. The van der Waals surface area contributed by atoms with Gasteiger partial charge in [-0.1, -0.05) is 35.9 Å². The van der Waals surface area contributed by atoms with E-state index in [1.807, 2.05) is 30.3 Å². The molecule has 3 atom stereocenters. The Hall–Kier alpha value is -2.60. The summed E-state index contributed by atoms with van der Waals surface area (Å²) in [5.74, 6) is -3.10. The van der Waals surface area contributed by atoms with Crippen LogP contribution in [0.2, 0.25) is 0 Å². The van der Waals surface area contributed by atoms with Crippen LogP contribution in [0.3, 0.4) is 0 Å². The zero-order valence-corrected chi connectivity index (χ0v) is 14.6. The largest absolute Gasteiger partial charge is 0.480 e. The molecule has 6 nitrogen and oxygen atoms in total. The minimum Gasteiger partial charge on any atom is -0.480 e. The highest BCUT2D eigenvalue weighted by molar-refractivity contribution is 6.30. The molecule has 0 bridgehead atoms. The highest BCUT2D eigenvalue weighted by atomic mass is 35.5. The van der Waals surface area contributed by atoms with Crippen molar-refractivity contribution in [2.75, 3.05) is 0 Å². The summed E-state index contributed by atoms with van der Waals surface area (Å²) in [4.78, 5) is 41.4. The molecule has 1 aliphatic carbocycles. The standard InChI is InChI=1S/C19H17ClN2O4/c20-11-5-6-13-14(8-11)18(24)22(17(13)23)16(19(25)26)9-12-7-10-3-1-2-4-15(10)21-12/h1-5,7,13-14,16,21H,6,8-9H2,(H,25,26)/t13-,14+,16+/m1/s1. The molecule has 1 saturated heterocycles. The number of carboxylic acid groups (broad SMARTS) is 1. The number of benzene rings is 1. The van der Waals surface area contributed by atoms with Gasteiger partial charge in [-0.05, 0) is 30.4 Å². The monoisotopic (exact) mass is 372 g/mol. The number of H-pyrrole nitrogens is 1. The highest BCUT2D eigenvalue weighted by Crippen LogP contribution is 2.40. The maximum Gasteiger partial charge on any atom is 0.327 e. The number of nitrogens with zero attached hydrogens (tertiary/aromatic N) is 1. The minimum absolute atomic E-state index is 0.0437. The van der Waals surface area contributed by atoms with E-state index in [1.54, 1.807) is 6.08 Å². The van der Waals surface area contributed by atoms with Crippen molar-refractivity contribution in [1.82, 2.24) is 9.88 Å². The number of hydrogen-bond acceptors (Lipinski definition) is 3. The Kier molecular flexibility index (Phi) is 4.07. The predicted molar refractivity (Wildman–Crippen MR) is 95.4 cm³/mol. The minimum atomic E-state index is -1.23. The Morgan fingerprint density at radius 1 is 1.27 bits per heavy atom. The number of aromatic nitrogens is 1. The molecule has 1 aliphatic heterocycles. The van der Waals surface area contributed by atoms with Crippen LogP contribution >= 0.6 is 11.6 Å². The van der Waals surface area contributed by atoms with E-state index in [1.165, 1.54) is 0 Å². The summed E-state index contributed by atoms with van der Waals surface area (Å²) in [5.41, 5.74) is 1.56. The van der Waals surface area contributed by atoms with Crippen LogP contribution in [0.15, 0.2) is 41.4 Å². The summed E-state index contributed by atoms with van der Waals surface area (Å²) in [5, 5.41) is 11.2. The average Bonchev–Trinajstić information content (AvgIpc) is 3.12. The highest BCUT2D eigenvalue weighted by Gasteiger charge is 2.52. The summed E-state index contributed by atoms with van der Waals surface area (Å²) in [6.07, 6.45) is 2.46. The van der Waals surface area contributed by atoms with E-state index in [-0.39, 0.29) is 6.42 Å². The first-order valence-corrected chi connectivity index (χ1v) is 8.84. The Bertz CT molecular complexity index is 915. The number of carbonyl (C=O) groups excluding carboxylic acids is 2. The summed E-state index contributed by atoms with van der Waals surface area (Å²) in [6, 6.07) is 8.20. The lowest BCUT2D eigenvalue weighted by Gasteiger charge is -2.22. The lowest BCUT2D eigenvalue weighted by molar-refractivity contribution is -0.155. The van der Waals surface area contributed by atoms with E-state index in [4.69, 9.17) is 11.6 Å². The first-order chi connectivity index (χ1) is 12.5. The smallest absolute Gasteiger partial charge is 0.327 e. The van der Waals surface area contributed by atoms with Gasteiger partial charge < -0.3 is 10.1 Å². The molecule has 0 saturated carbocycles. The number of nitrogens with one attached hydrogen (secondary N) is 1. The molecule has 7 heteroatoms. The van der Waals surface area contributed by atoms with E-state index < -0.39 is 35.7 Å². The van der Waals surface area contributed by atoms with E-state index >= 15 is 0 Å². The Labute approximate surface area is 154 Å². The average molecular weight is 373 g/mol. The van der Waals surface area contributed by atoms with Crippen molar-refractivity contribution >= 4 is 40.3 Å². The fourth-order valence-corrected chi connectivity index (χ4v) is 4.16. The zero-order chi connectivity index (χ0) is 18.4. The Morgan fingerprint density at radius 2 is 2.00 bits per heavy atom. The number of fused-ring (bicyclic) bond motifs is 2. The van der Waals surface area contributed by atoms with Crippen LogP contribution in [0.1, 0.15) is 18.5 Å². The number of carboxylic acids is 1. The lowest BCUT2D eigenvalue weighted by Crippen LogP contribution is -2.46. The SMILES string of the molecule is O=C(O)[C@H](Cc1cc2ccccc2[nH]1)N1C(=O)[C@H]2CC(Cl)=CC[C@H]2C1=O. The summed E-state index contributed by atoms with van der Waals surface area (Å²) in [7, 11) is 0. The second-order valence-corrected chi connectivity index (χ2v) is 7.28. The number of allylic oxidation sites excluding steroid dienone is 2. The number of rotatable bonds is 4. The van der Waals surface area contributed by atoms with Gasteiger partial charge in [0, 0.05) is 22.7 Å². The number of imide groups is 1. The van der Waals surface area contributed by atoms with Gasteiger partial charge in [0.1, 0.15) is 6.04 Å². The number of amides is 2. The van der Waals surface area contributed by atoms with E-state index in [0.717, 1.165) is 15.8 Å². The molecule has 0 unspecified atom stereocenters. The van der Waals surface area contributed by atoms with Gasteiger partial charge in [0.25, 0.3) is 0 Å². The van der Waals surface area contributed by atoms with Crippen LogP contribution in [0.4, 0.5) is 0 Å². The van der Waals surface area contributed by atoms with Crippen molar-refractivity contribution in [2.45, 2.75) is 25.3 Å². The number of likely N-dealkylation sites (tertiary alicyclic amines) is 1. The fraction of sp³-hybridized carbons (Fsp3) is 0.316. The van der Waals surface area contributed by atoms with Crippen LogP contribution in [0, 0.1) is 11.8 Å². The molecule has 1 fully saturated rings. The van der Waals surface area contributed by atoms with Crippen molar-refractivity contribution in [3.63, 3.8) is 0 Å². The maximum atomic E-state index is 12.7. The number of carbonyl (C=O) groups is 3. The molecule has 2 aromatic rings. The predicted octanol–water partition coefficient (Wildman–Crippen LogP) is 2.68. The molecule has 0 radical (unpaired) electrons. The van der Waals surface area contributed by atoms with Crippen LogP contribution in [-0.4, -0.2) is 38.8 Å². The van der Waals surface area contributed by atoms with Gasteiger partial charge in [0.05, 0.1) is 11.8 Å². The maximum absolute atomic E-state index is 12.7. The molecule has 2 N–H and O–H groups in total. The molecule has 1 aromatic carbocycles. The van der Waals surface area contributed by atoms with E-state index in [9.17, 15) is 19.5 Å². The third-order valence-electron chi connectivity index (χ3n) is 5.20.